The molecular weight excluding hydrogens is 256 g/mol. The van der Waals surface area contributed by atoms with Crippen molar-refractivity contribution >= 4 is 0 Å². The van der Waals surface area contributed by atoms with Gasteiger partial charge >= 0.3 is 0 Å². The molecule has 2 heteroatoms. The molecule has 0 heterocycles. The molecular formula is C19H32N2. The average Bonchev–Trinajstić information content (AvgIpc) is 2.48. The lowest BCUT2D eigenvalue weighted by atomic mass is 9.70. The molecule has 118 valence electrons. The number of nitrogens with zero attached hydrogens (tertiary/aromatic N) is 1. The number of hydrogen-bond acceptors (Lipinski definition) is 2. The van der Waals surface area contributed by atoms with Crippen LogP contribution in [0.5, 0.6) is 0 Å². The molecule has 1 aliphatic carbocycles. The fourth-order valence-corrected chi connectivity index (χ4v) is 3.89. The minimum atomic E-state index is 0.298. The monoisotopic (exact) mass is 288 g/mol. The Hall–Kier alpha value is -0.860. The summed E-state index contributed by atoms with van der Waals surface area (Å²) < 4.78 is 0. The topological polar surface area (TPSA) is 15.3 Å². The predicted octanol–water partition coefficient (Wildman–Crippen LogP) is 3.64. The molecule has 1 aromatic rings. The first-order valence-electron chi connectivity index (χ1n) is 8.38. The van der Waals surface area contributed by atoms with Gasteiger partial charge in [0, 0.05) is 11.6 Å². The second-order valence-corrected chi connectivity index (χ2v) is 7.21. The van der Waals surface area contributed by atoms with Crippen LogP contribution in [0, 0.1) is 12.8 Å². The van der Waals surface area contributed by atoms with Crippen molar-refractivity contribution in [3.8, 4) is 0 Å². The second-order valence-electron chi connectivity index (χ2n) is 7.21. The van der Waals surface area contributed by atoms with Crippen LogP contribution in [0.4, 0.5) is 0 Å². The highest BCUT2D eigenvalue weighted by molar-refractivity contribution is 5.23. The molecule has 0 spiro atoms. The van der Waals surface area contributed by atoms with Gasteiger partial charge in [-0.3, -0.25) is 0 Å². The predicted molar refractivity (Wildman–Crippen MR) is 91.8 cm³/mol. The molecule has 1 N–H and O–H groups in total. The zero-order valence-electron chi connectivity index (χ0n) is 14.4. The van der Waals surface area contributed by atoms with E-state index >= 15 is 0 Å². The Morgan fingerprint density at radius 1 is 1.19 bits per heavy atom. The summed E-state index contributed by atoms with van der Waals surface area (Å²) in [5.41, 5.74) is 3.08. The second kappa shape index (κ2) is 6.93. The Bertz CT molecular complexity index is 427. The van der Waals surface area contributed by atoms with Gasteiger partial charge in [0.05, 0.1) is 0 Å². The molecule has 0 saturated heterocycles. The van der Waals surface area contributed by atoms with Gasteiger partial charge in [0.1, 0.15) is 0 Å². The van der Waals surface area contributed by atoms with Gasteiger partial charge in [-0.25, -0.2) is 0 Å². The molecule has 2 rings (SSSR count). The van der Waals surface area contributed by atoms with E-state index in [1.807, 2.05) is 0 Å². The highest BCUT2D eigenvalue weighted by Gasteiger charge is 2.42. The summed E-state index contributed by atoms with van der Waals surface area (Å²) in [6.45, 7) is 4.55. The molecule has 1 aliphatic rings. The van der Waals surface area contributed by atoms with Gasteiger partial charge in [0.2, 0.25) is 0 Å². The summed E-state index contributed by atoms with van der Waals surface area (Å²) in [6.07, 6.45) is 6.43. The van der Waals surface area contributed by atoms with Gasteiger partial charge < -0.3 is 10.2 Å². The molecule has 1 saturated carbocycles. The summed E-state index contributed by atoms with van der Waals surface area (Å²) >= 11 is 0. The van der Waals surface area contributed by atoms with Crippen LogP contribution in [-0.4, -0.2) is 37.6 Å². The van der Waals surface area contributed by atoms with Crippen molar-refractivity contribution in [2.75, 3.05) is 21.1 Å². The van der Waals surface area contributed by atoms with E-state index in [-0.39, 0.29) is 0 Å². The average molecular weight is 288 g/mol. The zero-order valence-corrected chi connectivity index (χ0v) is 14.4. The minimum Gasteiger partial charge on any atom is -0.315 e. The van der Waals surface area contributed by atoms with Gasteiger partial charge in [0.15, 0.2) is 0 Å². The molecule has 1 aromatic carbocycles. The SMILES string of the molecule is CNC(Cc1ccc(C)cc1)C1(N(C)C)CCC(C)CC1. The zero-order chi connectivity index (χ0) is 15.5. The van der Waals surface area contributed by atoms with Crippen LogP contribution in [0.25, 0.3) is 0 Å². The van der Waals surface area contributed by atoms with E-state index in [0.717, 1.165) is 12.3 Å². The molecule has 0 aliphatic heterocycles. The summed E-state index contributed by atoms with van der Waals surface area (Å²) in [7, 11) is 6.65. The number of benzene rings is 1. The maximum absolute atomic E-state index is 3.63. The highest BCUT2D eigenvalue weighted by atomic mass is 15.2. The maximum Gasteiger partial charge on any atom is 0.0359 e. The third-order valence-corrected chi connectivity index (χ3v) is 5.59. The van der Waals surface area contributed by atoms with E-state index in [1.165, 1.54) is 36.8 Å². The maximum atomic E-state index is 3.63. The van der Waals surface area contributed by atoms with Crippen LogP contribution in [0.1, 0.15) is 43.7 Å². The quantitative estimate of drug-likeness (QED) is 0.890. The fraction of sp³-hybridized carbons (Fsp3) is 0.684. The van der Waals surface area contributed by atoms with Crippen molar-refractivity contribution in [3.63, 3.8) is 0 Å². The summed E-state index contributed by atoms with van der Waals surface area (Å²) in [4.78, 5) is 2.48. The highest BCUT2D eigenvalue weighted by Crippen LogP contribution is 2.38. The lowest BCUT2D eigenvalue weighted by molar-refractivity contribution is 0.0461. The summed E-state index contributed by atoms with van der Waals surface area (Å²) in [5, 5.41) is 3.63. The Morgan fingerprint density at radius 3 is 2.24 bits per heavy atom. The van der Waals surface area contributed by atoms with E-state index in [0.29, 0.717) is 11.6 Å². The molecule has 0 radical (unpaired) electrons. The van der Waals surface area contributed by atoms with Crippen LogP contribution in [0.15, 0.2) is 24.3 Å². The Balaban J connectivity index is 2.18. The first-order valence-corrected chi connectivity index (χ1v) is 8.38. The first kappa shape index (κ1) is 16.5. The first-order chi connectivity index (χ1) is 9.98. The fourth-order valence-electron chi connectivity index (χ4n) is 3.89. The van der Waals surface area contributed by atoms with Crippen LogP contribution < -0.4 is 5.32 Å². The number of likely N-dealkylation sites (N-methyl/N-ethyl adjacent to an activating group) is 2. The summed E-state index contributed by atoms with van der Waals surface area (Å²) in [5.74, 6) is 0.884. The molecule has 0 aromatic heterocycles. The van der Waals surface area contributed by atoms with Crippen molar-refractivity contribution in [1.82, 2.24) is 10.2 Å². The van der Waals surface area contributed by atoms with Crippen molar-refractivity contribution in [1.29, 1.82) is 0 Å². The number of hydrogen-bond donors (Lipinski definition) is 1. The Labute approximate surface area is 130 Å². The van der Waals surface area contributed by atoms with E-state index in [1.54, 1.807) is 0 Å². The van der Waals surface area contributed by atoms with E-state index in [4.69, 9.17) is 0 Å². The van der Waals surface area contributed by atoms with Gasteiger partial charge in [-0.05, 0) is 71.7 Å². The molecule has 0 bridgehead atoms. The molecule has 0 amide bonds. The number of nitrogens with one attached hydrogen (secondary N) is 1. The van der Waals surface area contributed by atoms with E-state index in [2.05, 4.69) is 69.5 Å². The van der Waals surface area contributed by atoms with Gasteiger partial charge in [-0.15, -0.1) is 0 Å². The van der Waals surface area contributed by atoms with Crippen LogP contribution >= 0.6 is 0 Å². The van der Waals surface area contributed by atoms with Gasteiger partial charge in [-0.1, -0.05) is 36.8 Å². The van der Waals surface area contributed by atoms with Crippen LogP contribution in [0.2, 0.25) is 0 Å². The van der Waals surface area contributed by atoms with E-state index in [9.17, 15) is 0 Å². The third kappa shape index (κ3) is 3.67. The largest absolute Gasteiger partial charge is 0.315 e. The molecule has 1 fully saturated rings. The van der Waals surface area contributed by atoms with Gasteiger partial charge in [0.25, 0.3) is 0 Å². The standard InChI is InChI=1S/C19H32N2/c1-15-6-8-17(9-7-15)14-18(20-3)19(21(4)5)12-10-16(2)11-13-19/h6-9,16,18,20H,10-14H2,1-5H3. The number of rotatable bonds is 5. The van der Waals surface area contributed by atoms with Crippen LogP contribution in [-0.2, 0) is 6.42 Å². The molecule has 1 unspecified atom stereocenters. The normalized spacial score (nSPS) is 27.8. The lowest BCUT2D eigenvalue weighted by Crippen LogP contribution is -2.60. The molecule has 1 atom stereocenters. The van der Waals surface area contributed by atoms with Crippen LogP contribution in [0.3, 0.4) is 0 Å². The van der Waals surface area contributed by atoms with Gasteiger partial charge in [-0.2, -0.15) is 0 Å². The van der Waals surface area contributed by atoms with Crippen molar-refractivity contribution in [3.05, 3.63) is 35.4 Å². The van der Waals surface area contributed by atoms with E-state index < -0.39 is 0 Å². The Morgan fingerprint density at radius 2 is 1.76 bits per heavy atom. The minimum absolute atomic E-state index is 0.298. The Kier molecular flexibility index (Phi) is 5.45. The lowest BCUT2D eigenvalue weighted by Gasteiger charge is -2.50. The molecule has 21 heavy (non-hydrogen) atoms. The summed E-state index contributed by atoms with van der Waals surface area (Å²) in [6, 6.07) is 9.55. The smallest absolute Gasteiger partial charge is 0.0359 e. The number of aryl methyl sites for hydroxylation is 1. The van der Waals surface area contributed by atoms with Crippen molar-refractivity contribution in [2.24, 2.45) is 5.92 Å². The molecule has 2 nitrogen and oxygen atoms in total. The van der Waals surface area contributed by atoms with Crippen molar-refractivity contribution in [2.45, 2.75) is 57.5 Å². The van der Waals surface area contributed by atoms with Crippen molar-refractivity contribution < 1.29 is 0 Å². The third-order valence-electron chi connectivity index (χ3n) is 5.59.